The van der Waals surface area contributed by atoms with Crippen LogP contribution in [-0.2, 0) is 10.0 Å². The second kappa shape index (κ2) is 3.73. The van der Waals surface area contributed by atoms with Gasteiger partial charge in [0.2, 0.25) is 5.09 Å². The van der Waals surface area contributed by atoms with Crippen LogP contribution in [0.25, 0.3) is 11.1 Å². The topological polar surface area (TPSA) is 73.3 Å². The second-order valence-electron chi connectivity index (χ2n) is 3.17. The maximum atomic E-state index is 12.7. The van der Waals surface area contributed by atoms with Crippen LogP contribution in [0.15, 0.2) is 46.1 Å². The number of halogens is 1. The molecule has 0 unspecified atom stereocenters. The van der Waals surface area contributed by atoms with Gasteiger partial charge in [-0.1, -0.05) is 12.1 Å². The van der Waals surface area contributed by atoms with E-state index in [4.69, 9.17) is 9.56 Å². The van der Waals surface area contributed by atoms with Crippen molar-refractivity contribution in [1.29, 1.82) is 0 Å². The molecule has 0 amide bonds. The molecule has 0 radical (unpaired) electrons. The first-order chi connectivity index (χ1) is 7.48. The molecule has 0 fully saturated rings. The molecule has 1 aromatic carbocycles. The van der Waals surface area contributed by atoms with E-state index in [1.807, 2.05) is 0 Å². The number of sulfonamides is 1. The van der Waals surface area contributed by atoms with Gasteiger partial charge in [0.1, 0.15) is 5.82 Å². The standard InChI is InChI=1S/C10H8FNO3S/c11-8-3-1-7(2-4-8)9-5-6-15-10(9)16(12,13)14/h1-6H,(H2,12,13,14). The van der Waals surface area contributed by atoms with Crippen LogP contribution in [-0.4, -0.2) is 8.42 Å². The third-order valence-corrected chi connectivity index (χ3v) is 2.88. The molecule has 84 valence electrons. The molecule has 2 rings (SSSR count). The lowest BCUT2D eigenvalue weighted by molar-refractivity contribution is 0.452. The van der Waals surface area contributed by atoms with Crippen molar-refractivity contribution in [1.82, 2.24) is 0 Å². The SMILES string of the molecule is NS(=O)(=O)c1occc1-c1ccc(F)cc1. The number of hydrogen-bond donors (Lipinski definition) is 1. The highest BCUT2D eigenvalue weighted by molar-refractivity contribution is 7.89. The third kappa shape index (κ3) is 1.98. The van der Waals surface area contributed by atoms with E-state index in [0.717, 1.165) is 0 Å². The first-order valence-electron chi connectivity index (χ1n) is 4.35. The lowest BCUT2D eigenvalue weighted by atomic mass is 10.1. The van der Waals surface area contributed by atoms with Gasteiger partial charge in [0.05, 0.1) is 6.26 Å². The fraction of sp³-hybridized carbons (Fsp3) is 0. The first kappa shape index (κ1) is 10.8. The average molecular weight is 241 g/mol. The Morgan fingerprint density at radius 1 is 1.12 bits per heavy atom. The quantitative estimate of drug-likeness (QED) is 0.870. The molecular formula is C10H8FNO3S. The second-order valence-corrected chi connectivity index (χ2v) is 4.63. The van der Waals surface area contributed by atoms with E-state index >= 15 is 0 Å². The Hall–Kier alpha value is -1.66. The van der Waals surface area contributed by atoms with Crippen LogP contribution >= 0.6 is 0 Å². The fourth-order valence-corrected chi connectivity index (χ4v) is 2.04. The Kier molecular flexibility index (Phi) is 2.53. The molecule has 1 aromatic heterocycles. The molecule has 0 saturated heterocycles. The normalized spacial score (nSPS) is 11.6. The van der Waals surface area contributed by atoms with Gasteiger partial charge in [0.25, 0.3) is 10.0 Å². The van der Waals surface area contributed by atoms with Gasteiger partial charge < -0.3 is 4.42 Å². The summed E-state index contributed by atoms with van der Waals surface area (Å²) in [6.45, 7) is 0. The molecule has 0 saturated carbocycles. The van der Waals surface area contributed by atoms with Gasteiger partial charge in [-0.3, -0.25) is 0 Å². The largest absolute Gasteiger partial charge is 0.451 e. The minimum atomic E-state index is -3.91. The number of hydrogen-bond acceptors (Lipinski definition) is 3. The summed E-state index contributed by atoms with van der Waals surface area (Å²) in [6.07, 6.45) is 1.22. The Balaban J connectivity index is 2.58. The maximum Gasteiger partial charge on any atom is 0.272 e. The molecule has 4 nitrogen and oxygen atoms in total. The molecular weight excluding hydrogens is 233 g/mol. The zero-order chi connectivity index (χ0) is 11.8. The Morgan fingerprint density at radius 3 is 2.31 bits per heavy atom. The lowest BCUT2D eigenvalue weighted by Gasteiger charge is -2.00. The van der Waals surface area contributed by atoms with Crippen molar-refractivity contribution >= 4 is 10.0 Å². The molecule has 16 heavy (non-hydrogen) atoms. The minimum absolute atomic E-state index is 0.320. The smallest absolute Gasteiger partial charge is 0.272 e. The number of nitrogens with two attached hydrogens (primary N) is 1. The zero-order valence-corrected chi connectivity index (χ0v) is 8.87. The Labute approximate surface area is 91.5 Å². The van der Waals surface area contributed by atoms with Crippen LogP contribution in [0.5, 0.6) is 0 Å². The predicted molar refractivity (Wildman–Crippen MR) is 55.5 cm³/mol. The summed E-state index contributed by atoms with van der Waals surface area (Å²) in [5, 5.41) is 4.65. The van der Waals surface area contributed by atoms with Crippen LogP contribution in [0.1, 0.15) is 0 Å². The minimum Gasteiger partial charge on any atom is -0.451 e. The molecule has 6 heteroatoms. The van der Waals surface area contributed by atoms with E-state index in [0.29, 0.717) is 11.1 Å². The molecule has 2 N–H and O–H groups in total. The Bertz CT molecular complexity index is 601. The van der Waals surface area contributed by atoms with Crippen molar-refractivity contribution in [3.05, 3.63) is 42.4 Å². The fourth-order valence-electron chi connectivity index (χ4n) is 1.36. The summed E-state index contributed by atoms with van der Waals surface area (Å²) in [5.41, 5.74) is 0.849. The highest BCUT2D eigenvalue weighted by Gasteiger charge is 2.18. The van der Waals surface area contributed by atoms with Crippen molar-refractivity contribution in [2.75, 3.05) is 0 Å². The molecule has 0 bridgehead atoms. The van der Waals surface area contributed by atoms with Gasteiger partial charge in [0, 0.05) is 5.56 Å². The summed E-state index contributed by atoms with van der Waals surface area (Å²) in [4.78, 5) is 0. The molecule has 0 aliphatic carbocycles. The maximum absolute atomic E-state index is 12.7. The van der Waals surface area contributed by atoms with E-state index in [1.54, 1.807) is 0 Å². The molecule has 0 atom stereocenters. The summed E-state index contributed by atoms with van der Waals surface area (Å²) < 4.78 is 39.8. The predicted octanol–water partition coefficient (Wildman–Crippen LogP) is 1.73. The summed E-state index contributed by atoms with van der Waals surface area (Å²) >= 11 is 0. The van der Waals surface area contributed by atoms with Crippen LogP contribution in [0.3, 0.4) is 0 Å². The van der Waals surface area contributed by atoms with E-state index in [9.17, 15) is 12.8 Å². The van der Waals surface area contributed by atoms with Gasteiger partial charge in [-0.2, -0.15) is 0 Å². The number of benzene rings is 1. The van der Waals surface area contributed by atoms with Crippen LogP contribution in [0, 0.1) is 5.82 Å². The van der Waals surface area contributed by atoms with Crippen molar-refractivity contribution in [2.45, 2.75) is 5.09 Å². The zero-order valence-electron chi connectivity index (χ0n) is 8.05. The molecule has 0 spiro atoms. The number of primary sulfonamides is 1. The molecule has 2 aromatic rings. The van der Waals surface area contributed by atoms with Crippen LogP contribution in [0.2, 0.25) is 0 Å². The van der Waals surface area contributed by atoms with Crippen molar-refractivity contribution in [2.24, 2.45) is 5.14 Å². The van der Waals surface area contributed by atoms with Gasteiger partial charge in [0.15, 0.2) is 0 Å². The first-order valence-corrected chi connectivity index (χ1v) is 5.89. The van der Waals surface area contributed by atoms with Crippen molar-refractivity contribution in [3.63, 3.8) is 0 Å². The van der Waals surface area contributed by atoms with E-state index < -0.39 is 15.8 Å². The summed E-state index contributed by atoms with van der Waals surface area (Å²) in [6, 6.07) is 6.83. The van der Waals surface area contributed by atoms with Crippen LogP contribution in [0.4, 0.5) is 4.39 Å². The summed E-state index contributed by atoms with van der Waals surface area (Å²) in [7, 11) is -3.91. The van der Waals surface area contributed by atoms with E-state index in [1.165, 1.54) is 36.6 Å². The summed E-state index contributed by atoms with van der Waals surface area (Å²) in [5.74, 6) is -0.399. The van der Waals surface area contributed by atoms with Crippen molar-refractivity contribution in [3.8, 4) is 11.1 Å². The molecule has 0 aliphatic heterocycles. The highest BCUT2D eigenvalue weighted by Crippen LogP contribution is 2.27. The van der Waals surface area contributed by atoms with Gasteiger partial charge in [-0.25, -0.2) is 17.9 Å². The van der Waals surface area contributed by atoms with Gasteiger partial charge >= 0.3 is 0 Å². The van der Waals surface area contributed by atoms with Gasteiger partial charge in [-0.15, -0.1) is 0 Å². The third-order valence-electron chi connectivity index (χ3n) is 2.04. The van der Waals surface area contributed by atoms with Crippen molar-refractivity contribution < 1.29 is 17.2 Å². The molecule has 0 aliphatic rings. The van der Waals surface area contributed by atoms with E-state index in [2.05, 4.69) is 0 Å². The number of rotatable bonds is 2. The van der Waals surface area contributed by atoms with E-state index in [-0.39, 0.29) is 5.09 Å². The average Bonchev–Trinajstić information content (AvgIpc) is 2.66. The molecule has 1 heterocycles. The van der Waals surface area contributed by atoms with Crippen LogP contribution < -0.4 is 5.14 Å². The number of furan rings is 1. The lowest BCUT2D eigenvalue weighted by Crippen LogP contribution is -2.12. The highest BCUT2D eigenvalue weighted by atomic mass is 32.2. The monoisotopic (exact) mass is 241 g/mol. The van der Waals surface area contributed by atoms with Gasteiger partial charge in [-0.05, 0) is 23.8 Å². The Morgan fingerprint density at radius 2 is 1.75 bits per heavy atom.